The minimum Gasteiger partial charge on any atom is -0.385 e. The van der Waals surface area contributed by atoms with E-state index >= 15 is 0 Å². The summed E-state index contributed by atoms with van der Waals surface area (Å²) >= 11 is 6.52. The second-order valence-corrected chi connectivity index (χ2v) is 12.5. The van der Waals surface area contributed by atoms with Crippen molar-refractivity contribution in [2.75, 3.05) is 71.5 Å². The smallest absolute Gasteiger partial charge is 0.385 e. The number of anilines is 1. The second-order valence-electron chi connectivity index (χ2n) is 12.1. The summed E-state index contributed by atoms with van der Waals surface area (Å²) < 4.78 is 46.9. The van der Waals surface area contributed by atoms with E-state index in [1.807, 2.05) is 12.1 Å². The first kappa shape index (κ1) is 31.6. The van der Waals surface area contributed by atoms with Crippen molar-refractivity contribution in [3.63, 3.8) is 0 Å². The predicted molar refractivity (Wildman–Crippen MR) is 157 cm³/mol. The van der Waals surface area contributed by atoms with Crippen LogP contribution in [0.3, 0.4) is 0 Å². The van der Waals surface area contributed by atoms with Gasteiger partial charge in [-0.2, -0.15) is 13.2 Å². The summed E-state index contributed by atoms with van der Waals surface area (Å²) in [6, 6.07) is 12.4. The minimum absolute atomic E-state index is 0.129. The Bertz CT molecular complexity index is 1310. The number of methoxy groups -OCH3 is 1. The van der Waals surface area contributed by atoms with E-state index in [1.54, 1.807) is 25.1 Å². The molecule has 2 amide bonds. The van der Waals surface area contributed by atoms with Gasteiger partial charge < -0.3 is 24.5 Å². The molecule has 8 nitrogen and oxygen atoms in total. The van der Waals surface area contributed by atoms with Gasteiger partial charge in [0.2, 0.25) is 0 Å². The molecule has 43 heavy (non-hydrogen) atoms. The van der Waals surface area contributed by atoms with Gasteiger partial charge in [-0.25, -0.2) is 0 Å². The van der Waals surface area contributed by atoms with Gasteiger partial charge in [-0.3, -0.25) is 14.5 Å². The maximum absolute atomic E-state index is 13.9. The number of carbonyl (C=O) groups is 2. The Morgan fingerprint density at radius 2 is 1.72 bits per heavy atom. The van der Waals surface area contributed by atoms with Crippen LogP contribution in [0.15, 0.2) is 48.5 Å². The van der Waals surface area contributed by atoms with Gasteiger partial charge in [0, 0.05) is 89.3 Å². The summed E-state index contributed by atoms with van der Waals surface area (Å²) in [5, 5.41) is 11.0. The molecule has 234 valence electrons. The zero-order valence-electron chi connectivity index (χ0n) is 24.4. The lowest BCUT2D eigenvalue weighted by atomic mass is 9.59. The minimum atomic E-state index is -5.13. The molecule has 2 aromatic rings. The van der Waals surface area contributed by atoms with Gasteiger partial charge >= 0.3 is 6.18 Å². The fraction of sp³-hybridized carbons (Fsp3) is 0.548. The number of amides is 2. The molecule has 1 N–H and O–H groups in total. The van der Waals surface area contributed by atoms with Crippen molar-refractivity contribution in [2.24, 2.45) is 5.41 Å². The summed E-state index contributed by atoms with van der Waals surface area (Å²) in [6.07, 6.45) is -2.76. The van der Waals surface area contributed by atoms with E-state index in [-0.39, 0.29) is 24.4 Å². The standard InChI is InChI=1S/C31H38ClF3N4O4/c1-36(11-6-16-43-2)27(40)25-10-9-23(17-26(25)32)37-12-14-38(15-13-37)24-18-29(19-24)20-39(21-29)28(41)30(42,31(33,34)35)22-7-4-3-5-8-22/h3-5,7-10,17,24,42H,6,11-16,18-21H2,1-2H3. The van der Waals surface area contributed by atoms with Gasteiger partial charge in [0.1, 0.15) is 0 Å². The molecule has 1 aliphatic carbocycles. The average molecular weight is 623 g/mol. The van der Waals surface area contributed by atoms with E-state index in [0.717, 1.165) is 68.2 Å². The van der Waals surface area contributed by atoms with Gasteiger partial charge in [0.05, 0.1) is 10.6 Å². The zero-order chi connectivity index (χ0) is 31.0. The van der Waals surface area contributed by atoms with Gasteiger partial charge in [0.25, 0.3) is 17.4 Å². The number of piperazine rings is 1. The first-order valence-corrected chi connectivity index (χ1v) is 14.9. The van der Waals surface area contributed by atoms with Gasteiger partial charge in [-0.1, -0.05) is 41.9 Å². The predicted octanol–water partition coefficient (Wildman–Crippen LogP) is 4.01. The molecule has 2 heterocycles. The number of hydrogen-bond acceptors (Lipinski definition) is 6. The molecule has 12 heteroatoms. The number of halogens is 4. The van der Waals surface area contributed by atoms with Crippen LogP contribution in [0.25, 0.3) is 0 Å². The van der Waals surface area contributed by atoms with Crippen LogP contribution in [0, 0.1) is 5.41 Å². The van der Waals surface area contributed by atoms with E-state index < -0.39 is 23.2 Å². The first-order valence-electron chi connectivity index (χ1n) is 14.6. The Labute approximate surface area is 254 Å². The molecule has 1 unspecified atom stereocenters. The highest BCUT2D eigenvalue weighted by Gasteiger charge is 2.65. The summed E-state index contributed by atoms with van der Waals surface area (Å²) in [4.78, 5) is 33.2. The Hall–Kier alpha value is -2.86. The van der Waals surface area contributed by atoms with Crippen LogP contribution in [-0.2, 0) is 15.1 Å². The first-order chi connectivity index (χ1) is 20.4. The number of ether oxygens (including phenoxy) is 1. The SMILES string of the molecule is COCCCN(C)C(=O)c1ccc(N2CCN(C3CC4(C3)CN(C(=O)C(O)(c3ccccc3)C(F)(F)F)C4)CC2)cc1Cl. The zero-order valence-corrected chi connectivity index (χ0v) is 25.2. The lowest BCUT2D eigenvalue weighted by Crippen LogP contribution is -2.71. The number of rotatable bonds is 9. The Kier molecular flexibility index (Phi) is 9.00. The maximum Gasteiger partial charge on any atom is 0.430 e. The van der Waals surface area contributed by atoms with Crippen LogP contribution in [0.5, 0.6) is 0 Å². The quantitative estimate of drug-likeness (QED) is 0.426. The molecule has 3 fully saturated rings. The van der Waals surface area contributed by atoms with Gasteiger partial charge in [-0.15, -0.1) is 0 Å². The molecule has 2 aliphatic heterocycles. The molecule has 2 saturated heterocycles. The third-order valence-electron chi connectivity index (χ3n) is 9.16. The van der Waals surface area contributed by atoms with Crippen LogP contribution in [0.2, 0.25) is 5.02 Å². The monoisotopic (exact) mass is 622 g/mol. The van der Waals surface area contributed by atoms with Crippen molar-refractivity contribution in [2.45, 2.75) is 37.1 Å². The number of benzene rings is 2. The summed E-state index contributed by atoms with van der Waals surface area (Å²) in [6.45, 7) is 4.81. The topological polar surface area (TPSA) is 76.6 Å². The highest BCUT2D eigenvalue weighted by atomic mass is 35.5. The van der Waals surface area contributed by atoms with E-state index in [9.17, 15) is 27.9 Å². The van der Waals surface area contributed by atoms with Gasteiger partial charge in [0.15, 0.2) is 0 Å². The molecule has 0 bridgehead atoms. The Morgan fingerprint density at radius 3 is 2.30 bits per heavy atom. The largest absolute Gasteiger partial charge is 0.430 e. The Morgan fingerprint density at radius 1 is 1.07 bits per heavy atom. The molecule has 1 atom stereocenters. The van der Waals surface area contributed by atoms with Crippen molar-refractivity contribution in [3.05, 3.63) is 64.7 Å². The fourth-order valence-corrected chi connectivity index (χ4v) is 6.91. The highest BCUT2D eigenvalue weighted by Crippen LogP contribution is 2.52. The third-order valence-corrected chi connectivity index (χ3v) is 9.47. The van der Waals surface area contributed by atoms with Crippen LogP contribution in [0.4, 0.5) is 18.9 Å². The number of likely N-dealkylation sites (tertiary alicyclic amines) is 1. The van der Waals surface area contributed by atoms with Crippen LogP contribution in [-0.4, -0.2) is 110 Å². The molecule has 2 aromatic carbocycles. The Balaban J connectivity index is 1.11. The number of alkyl halides is 3. The summed E-state index contributed by atoms with van der Waals surface area (Å²) in [5.41, 5.74) is -2.78. The highest BCUT2D eigenvalue weighted by molar-refractivity contribution is 6.34. The van der Waals surface area contributed by atoms with Crippen molar-refractivity contribution in [1.29, 1.82) is 0 Å². The third kappa shape index (κ3) is 6.09. The van der Waals surface area contributed by atoms with Crippen molar-refractivity contribution < 1.29 is 32.6 Å². The van der Waals surface area contributed by atoms with Crippen molar-refractivity contribution >= 4 is 29.1 Å². The molecular weight excluding hydrogens is 585 g/mol. The lowest BCUT2D eigenvalue weighted by Gasteiger charge is -2.62. The molecular formula is C31H38ClF3N4O4. The maximum atomic E-state index is 13.9. The molecule has 1 spiro atoms. The summed E-state index contributed by atoms with van der Waals surface area (Å²) in [7, 11) is 3.38. The van der Waals surface area contributed by atoms with Crippen LogP contribution < -0.4 is 4.90 Å². The number of carbonyl (C=O) groups excluding carboxylic acids is 2. The lowest BCUT2D eigenvalue weighted by molar-refractivity contribution is -0.267. The van der Waals surface area contributed by atoms with E-state index in [1.165, 1.54) is 18.2 Å². The number of aliphatic hydroxyl groups is 1. The van der Waals surface area contributed by atoms with E-state index in [2.05, 4.69) is 9.80 Å². The number of hydrogen-bond donors (Lipinski definition) is 1. The van der Waals surface area contributed by atoms with Crippen molar-refractivity contribution in [3.8, 4) is 0 Å². The normalized spacial score (nSPS) is 20.3. The molecule has 1 saturated carbocycles. The molecule has 0 radical (unpaired) electrons. The van der Waals surface area contributed by atoms with E-state index in [4.69, 9.17) is 16.3 Å². The van der Waals surface area contributed by atoms with Crippen LogP contribution in [0.1, 0.15) is 35.2 Å². The molecule has 0 aromatic heterocycles. The molecule has 3 aliphatic rings. The van der Waals surface area contributed by atoms with Crippen LogP contribution >= 0.6 is 11.6 Å². The summed E-state index contributed by atoms with van der Waals surface area (Å²) in [5.74, 6) is -1.44. The van der Waals surface area contributed by atoms with E-state index in [0.29, 0.717) is 29.8 Å². The van der Waals surface area contributed by atoms with Crippen molar-refractivity contribution in [1.82, 2.24) is 14.7 Å². The van der Waals surface area contributed by atoms with Gasteiger partial charge in [-0.05, 0) is 37.5 Å². The molecule has 5 rings (SSSR count). The second kappa shape index (κ2) is 12.3. The average Bonchev–Trinajstić information content (AvgIpc) is 2.95. The number of nitrogens with zero attached hydrogens (tertiary/aromatic N) is 4. The fourth-order valence-electron chi connectivity index (χ4n) is 6.65.